The summed E-state index contributed by atoms with van der Waals surface area (Å²) in [4.78, 5) is 34.7. The van der Waals surface area contributed by atoms with Gasteiger partial charge >= 0.3 is 11.8 Å². The maximum atomic E-state index is 12.1. The molecule has 25 heavy (non-hydrogen) atoms. The van der Waals surface area contributed by atoms with Crippen molar-refractivity contribution in [3.63, 3.8) is 0 Å². The van der Waals surface area contributed by atoms with Crippen LogP contribution in [-0.4, -0.2) is 16.5 Å². The highest BCUT2D eigenvalue weighted by Gasteiger charge is 2.10. The van der Waals surface area contributed by atoms with Crippen molar-refractivity contribution in [1.29, 1.82) is 0 Å². The summed E-state index contributed by atoms with van der Waals surface area (Å²) >= 11 is 0. The number of aryl methyl sites for hydroxylation is 1. The number of nitrogens with zero attached hydrogens (tertiary/aromatic N) is 1. The van der Waals surface area contributed by atoms with E-state index in [0.29, 0.717) is 22.5 Å². The molecule has 1 aromatic heterocycles. The number of fused-ring (bicyclic) bond motifs is 1. The quantitative estimate of drug-likeness (QED) is 0.659. The monoisotopic (exact) mass is 340 g/mol. The number of aromatic nitrogens is 1. The summed E-state index contributed by atoms with van der Waals surface area (Å²) in [7, 11) is 0. The average molecular weight is 340 g/mol. The molecule has 0 fully saturated rings. The maximum Gasteiger partial charge on any atom is 0.419 e. The molecule has 0 bridgehead atoms. The molecule has 0 radical (unpaired) electrons. The van der Waals surface area contributed by atoms with Crippen LogP contribution in [0, 0.1) is 0 Å². The van der Waals surface area contributed by atoms with Gasteiger partial charge in [-0.1, -0.05) is 12.1 Å². The number of nitrogens with one attached hydrogen (secondary N) is 2. The summed E-state index contributed by atoms with van der Waals surface area (Å²) in [6.45, 7) is 0.211. The standard InChI is InChI=1S/C17H16N4O4/c18-16(23)20-12-7-5-11(6-8-12)19-15(22)9-10-21-13-3-1-2-4-14(13)25-17(21)24/h1-8H,9-10H2,(H,19,22)(H3,18,20,23). The number of hydrogen-bond donors (Lipinski definition) is 3. The first-order valence-corrected chi connectivity index (χ1v) is 7.58. The van der Waals surface area contributed by atoms with Crippen molar-refractivity contribution in [1.82, 2.24) is 4.57 Å². The third kappa shape index (κ3) is 3.86. The summed E-state index contributed by atoms with van der Waals surface area (Å²) in [6.07, 6.45) is 0.116. The lowest BCUT2D eigenvalue weighted by molar-refractivity contribution is -0.116. The molecule has 8 nitrogen and oxygen atoms in total. The van der Waals surface area contributed by atoms with Crippen LogP contribution in [0.4, 0.5) is 16.2 Å². The molecule has 4 N–H and O–H groups in total. The number of primary amides is 1. The van der Waals surface area contributed by atoms with E-state index in [-0.39, 0.29) is 18.9 Å². The van der Waals surface area contributed by atoms with Crippen LogP contribution in [0.1, 0.15) is 6.42 Å². The fraction of sp³-hybridized carbons (Fsp3) is 0.118. The van der Waals surface area contributed by atoms with Gasteiger partial charge in [-0.15, -0.1) is 0 Å². The minimum absolute atomic E-state index is 0.116. The maximum absolute atomic E-state index is 12.1. The molecule has 128 valence electrons. The van der Waals surface area contributed by atoms with Crippen molar-refractivity contribution >= 4 is 34.4 Å². The van der Waals surface area contributed by atoms with Crippen molar-refractivity contribution in [2.24, 2.45) is 5.73 Å². The number of rotatable bonds is 5. The van der Waals surface area contributed by atoms with Crippen molar-refractivity contribution in [3.8, 4) is 0 Å². The highest BCUT2D eigenvalue weighted by molar-refractivity contribution is 5.92. The molecule has 0 saturated carbocycles. The number of para-hydroxylation sites is 2. The summed E-state index contributed by atoms with van der Waals surface area (Å²) in [5.74, 6) is -0.733. The Hall–Kier alpha value is -3.55. The summed E-state index contributed by atoms with van der Waals surface area (Å²) < 4.78 is 6.55. The molecule has 3 aromatic rings. The van der Waals surface area contributed by atoms with E-state index in [9.17, 15) is 14.4 Å². The zero-order valence-electron chi connectivity index (χ0n) is 13.2. The van der Waals surface area contributed by atoms with E-state index in [1.165, 1.54) is 4.57 Å². The number of nitrogens with two attached hydrogens (primary N) is 1. The van der Waals surface area contributed by atoms with E-state index in [0.717, 1.165) is 0 Å². The molecule has 0 spiro atoms. The van der Waals surface area contributed by atoms with Crippen LogP contribution in [0.2, 0.25) is 0 Å². The van der Waals surface area contributed by atoms with Crippen LogP contribution in [0.15, 0.2) is 57.7 Å². The predicted octanol–water partition coefficient (Wildman–Crippen LogP) is 2.11. The molecule has 0 atom stereocenters. The van der Waals surface area contributed by atoms with Gasteiger partial charge in [-0.25, -0.2) is 9.59 Å². The lowest BCUT2D eigenvalue weighted by Gasteiger charge is -2.07. The molecule has 2 aromatic carbocycles. The Morgan fingerprint density at radius 1 is 1.00 bits per heavy atom. The average Bonchev–Trinajstić information content (AvgIpc) is 2.89. The van der Waals surface area contributed by atoms with Gasteiger partial charge in [-0.2, -0.15) is 0 Å². The van der Waals surface area contributed by atoms with Gasteiger partial charge in [0.1, 0.15) is 0 Å². The third-order valence-electron chi connectivity index (χ3n) is 3.57. The van der Waals surface area contributed by atoms with Gasteiger partial charge in [0.05, 0.1) is 5.52 Å². The van der Waals surface area contributed by atoms with Gasteiger partial charge < -0.3 is 20.8 Å². The molecule has 0 unspecified atom stereocenters. The third-order valence-corrected chi connectivity index (χ3v) is 3.57. The van der Waals surface area contributed by atoms with Crippen LogP contribution in [0.5, 0.6) is 0 Å². The highest BCUT2D eigenvalue weighted by atomic mass is 16.4. The summed E-state index contributed by atoms with van der Waals surface area (Å²) in [5.41, 5.74) is 7.27. The first-order valence-electron chi connectivity index (χ1n) is 7.58. The fourth-order valence-corrected chi connectivity index (χ4v) is 2.44. The van der Waals surface area contributed by atoms with E-state index < -0.39 is 11.8 Å². The Bertz CT molecular complexity index is 972. The molecular formula is C17H16N4O4. The second-order valence-electron chi connectivity index (χ2n) is 5.35. The topological polar surface area (TPSA) is 119 Å². The van der Waals surface area contributed by atoms with Gasteiger partial charge in [0.2, 0.25) is 5.91 Å². The Morgan fingerprint density at radius 3 is 2.32 bits per heavy atom. The van der Waals surface area contributed by atoms with Crippen molar-refractivity contribution < 1.29 is 14.0 Å². The Balaban J connectivity index is 1.62. The second-order valence-corrected chi connectivity index (χ2v) is 5.35. The van der Waals surface area contributed by atoms with Crippen molar-refractivity contribution in [2.75, 3.05) is 10.6 Å². The van der Waals surface area contributed by atoms with Crippen molar-refractivity contribution in [2.45, 2.75) is 13.0 Å². The van der Waals surface area contributed by atoms with Crippen LogP contribution >= 0.6 is 0 Å². The predicted molar refractivity (Wildman–Crippen MR) is 93.4 cm³/mol. The molecule has 0 aliphatic heterocycles. The minimum atomic E-state index is -0.658. The number of carbonyl (C=O) groups is 2. The smallest absolute Gasteiger partial charge is 0.408 e. The molecule has 0 saturated heterocycles. The molecular weight excluding hydrogens is 324 g/mol. The van der Waals surface area contributed by atoms with Crippen molar-refractivity contribution in [3.05, 3.63) is 59.1 Å². The Morgan fingerprint density at radius 2 is 1.64 bits per heavy atom. The number of benzene rings is 2. The minimum Gasteiger partial charge on any atom is -0.408 e. The molecule has 3 amide bonds. The lowest BCUT2D eigenvalue weighted by Crippen LogP contribution is -2.20. The van der Waals surface area contributed by atoms with Gasteiger partial charge in [-0.05, 0) is 36.4 Å². The van der Waals surface area contributed by atoms with E-state index in [2.05, 4.69) is 10.6 Å². The van der Waals surface area contributed by atoms with E-state index >= 15 is 0 Å². The van der Waals surface area contributed by atoms with Gasteiger partial charge in [0.25, 0.3) is 0 Å². The SMILES string of the molecule is NC(=O)Nc1ccc(NC(=O)CCn2c(=O)oc3ccccc32)cc1. The van der Waals surface area contributed by atoms with Crippen LogP contribution in [0.25, 0.3) is 11.1 Å². The Labute approximate surface area is 142 Å². The zero-order valence-corrected chi connectivity index (χ0v) is 13.2. The molecule has 1 heterocycles. The first-order chi connectivity index (χ1) is 12.0. The van der Waals surface area contributed by atoms with Crippen LogP contribution < -0.4 is 22.1 Å². The van der Waals surface area contributed by atoms with Gasteiger partial charge in [0, 0.05) is 24.3 Å². The summed E-state index contributed by atoms with van der Waals surface area (Å²) in [6, 6.07) is 12.9. The number of anilines is 2. The molecule has 3 rings (SSSR count). The number of carbonyl (C=O) groups excluding carboxylic acids is 2. The molecule has 0 aliphatic carbocycles. The normalized spacial score (nSPS) is 10.6. The number of urea groups is 1. The second kappa shape index (κ2) is 6.91. The molecule has 8 heteroatoms. The van der Waals surface area contributed by atoms with Gasteiger partial charge in [-0.3, -0.25) is 9.36 Å². The molecule has 0 aliphatic rings. The number of amides is 3. The highest BCUT2D eigenvalue weighted by Crippen LogP contribution is 2.15. The largest absolute Gasteiger partial charge is 0.419 e. The van der Waals surface area contributed by atoms with E-state index in [1.807, 2.05) is 0 Å². The Kier molecular flexibility index (Phi) is 4.51. The zero-order chi connectivity index (χ0) is 17.8. The van der Waals surface area contributed by atoms with E-state index in [1.54, 1.807) is 48.5 Å². The van der Waals surface area contributed by atoms with Crippen LogP contribution in [0.3, 0.4) is 0 Å². The number of oxazole rings is 1. The number of hydrogen-bond acceptors (Lipinski definition) is 4. The fourth-order valence-electron chi connectivity index (χ4n) is 2.44. The first kappa shape index (κ1) is 16.3. The summed E-state index contributed by atoms with van der Waals surface area (Å²) in [5, 5.41) is 5.15. The van der Waals surface area contributed by atoms with Crippen LogP contribution in [-0.2, 0) is 11.3 Å². The van der Waals surface area contributed by atoms with Gasteiger partial charge in [0.15, 0.2) is 5.58 Å². The lowest BCUT2D eigenvalue weighted by atomic mass is 10.2. The van der Waals surface area contributed by atoms with E-state index in [4.69, 9.17) is 10.2 Å².